The average Bonchev–Trinajstić information content (AvgIpc) is 3.57. The van der Waals surface area contributed by atoms with Crippen molar-refractivity contribution in [2.24, 2.45) is 0 Å². The van der Waals surface area contributed by atoms with Crippen molar-refractivity contribution in [3.05, 3.63) is 100.0 Å². The third-order valence-electron chi connectivity index (χ3n) is 6.53. The fraction of sp³-hybridized carbons (Fsp3) is 0.143. The van der Waals surface area contributed by atoms with E-state index in [0.717, 1.165) is 10.5 Å². The lowest BCUT2D eigenvalue weighted by Gasteiger charge is -2.14. The molecule has 0 saturated heterocycles. The summed E-state index contributed by atoms with van der Waals surface area (Å²) in [6, 6.07) is 13.8. The Labute approximate surface area is 215 Å². The van der Waals surface area contributed by atoms with E-state index in [0.29, 0.717) is 29.3 Å². The topological polar surface area (TPSA) is 97.5 Å². The number of pyridine rings is 1. The van der Waals surface area contributed by atoms with Crippen LogP contribution >= 0.6 is 0 Å². The molecule has 38 heavy (non-hydrogen) atoms. The number of aromatic nitrogens is 3. The highest BCUT2D eigenvalue weighted by atomic mass is 19.1. The number of nitrogens with zero attached hydrogens (tertiary/aromatic N) is 3. The normalized spacial score (nSPS) is 14.7. The molecule has 0 atom stereocenters. The molecule has 0 radical (unpaired) electrons. The maximum absolute atomic E-state index is 14.0. The molecule has 4 heterocycles. The van der Waals surface area contributed by atoms with Crippen LogP contribution in [0.5, 0.6) is 11.5 Å². The van der Waals surface area contributed by atoms with Crippen LogP contribution in [0.4, 0.5) is 10.1 Å². The average molecular weight is 514 g/mol. The zero-order chi connectivity index (χ0) is 26.6. The number of halogens is 1. The van der Waals surface area contributed by atoms with E-state index in [1.807, 2.05) is 19.9 Å². The molecule has 2 amide bonds. The first-order chi connectivity index (χ1) is 18.4. The number of fused-ring (bicyclic) bond motifs is 1. The third-order valence-corrected chi connectivity index (χ3v) is 6.53. The fourth-order valence-corrected chi connectivity index (χ4v) is 4.74. The first-order valence-electron chi connectivity index (χ1n) is 12.0. The van der Waals surface area contributed by atoms with Crippen LogP contribution in [0.15, 0.2) is 71.8 Å². The maximum atomic E-state index is 14.0. The van der Waals surface area contributed by atoms with Crippen molar-refractivity contribution >= 4 is 28.8 Å². The molecule has 2 aromatic heterocycles. The van der Waals surface area contributed by atoms with Crippen molar-refractivity contribution in [1.29, 1.82) is 0 Å². The third kappa shape index (κ3) is 3.61. The molecule has 4 aromatic rings. The van der Waals surface area contributed by atoms with Gasteiger partial charge in [-0.1, -0.05) is 6.92 Å². The van der Waals surface area contributed by atoms with Crippen LogP contribution in [0.3, 0.4) is 0 Å². The van der Waals surface area contributed by atoms with Gasteiger partial charge >= 0.3 is 5.91 Å². The highest BCUT2D eigenvalue weighted by molar-refractivity contribution is 6.53. The molecular formula is C28H22FN4O5+. The Morgan fingerprint density at radius 2 is 1.71 bits per heavy atom. The number of H-pyrrole nitrogens is 1. The molecule has 9 nitrogen and oxygen atoms in total. The molecule has 10 heteroatoms. The van der Waals surface area contributed by atoms with Crippen LogP contribution in [0.2, 0.25) is 0 Å². The first-order valence-corrected chi connectivity index (χ1v) is 12.0. The van der Waals surface area contributed by atoms with Crippen molar-refractivity contribution in [3.8, 4) is 17.2 Å². The summed E-state index contributed by atoms with van der Waals surface area (Å²) in [6.07, 6.45) is 3.76. The zero-order valence-electron chi connectivity index (χ0n) is 20.5. The quantitative estimate of drug-likeness (QED) is 0.327. The van der Waals surface area contributed by atoms with Gasteiger partial charge in [0.15, 0.2) is 23.9 Å². The zero-order valence-corrected chi connectivity index (χ0v) is 20.5. The SMILES string of the molecule is CCc1[nH]n(-c2ccc(F)cc2)c(=O)c1C1=C([n+]2cccc(C)c2)C(=O)N(c2ccc3c(c2)OCO3)C1=O. The number of hydrogen-bond acceptors (Lipinski definition) is 5. The summed E-state index contributed by atoms with van der Waals surface area (Å²) in [5.74, 6) is -0.752. The molecule has 190 valence electrons. The van der Waals surface area contributed by atoms with Crippen LogP contribution in [-0.4, -0.2) is 28.4 Å². The van der Waals surface area contributed by atoms with Gasteiger partial charge in [-0.05, 0) is 55.8 Å². The number of carbonyl (C=O) groups excluding carboxylic acids is 2. The maximum Gasteiger partial charge on any atom is 0.331 e. The van der Waals surface area contributed by atoms with Crippen molar-refractivity contribution in [2.45, 2.75) is 20.3 Å². The lowest BCUT2D eigenvalue weighted by atomic mass is 10.0. The Balaban J connectivity index is 1.58. The number of carbonyl (C=O) groups is 2. The van der Waals surface area contributed by atoms with Crippen molar-refractivity contribution in [2.75, 3.05) is 11.7 Å². The van der Waals surface area contributed by atoms with E-state index in [4.69, 9.17) is 9.47 Å². The lowest BCUT2D eigenvalue weighted by Crippen LogP contribution is -2.39. The Morgan fingerprint density at radius 1 is 0.974 bits per heavy atom. The summed E-state index contributed by atoms with van der Waals surface area (Å²) in [6.45, 7) is 3.74. The number of nitrogens with one attached hydrogen (secondary N) is 1. The van der Waals surface area contributed by atoms with Crippen molar-refractivity contribution in [1.82, 2.24) is 9.78 Å². The molecule has 1 N–H and O–H groups in total. The number of imide groups is 1. The minimum atomic E-state index is -0.644. The molecular weight excluding hydrogens is 491 g/mol. The van der Waals surface area contributed by atoms with E-state index in [1.165, 1.54) is 28.9 Å². The summed E-state index contributed by atoms with van der Waals surface area (Å²) >= 11 is 0. The van der Waals surface area contributed by atoms with Gasteiger partial charge in [0, 0.05) is 23.4 Å². The predicted molar refractivity (Wildman–Crippen MR) is 135 cm³/mol. The largest absolute Gasteiger partial charge is 0.454 e. The van der Waals surface area contributed by atoms with Gasteiger partial charge in [0.2, 0.25) is 6.79 Å². The molecule has 2 aromatic carbocycles. The Bertz CT molecular complexity index is 1720. The van der Waals surface area contributed by atoms with Crippen LogP contribution in [-0.2, 0) is 16.0 Å². The van der Waals surface area contributed by atoms with Crippen LogP contribution in [0, 0.1) is 12.7 Å². The Kier molecular flexibility index (Phi) is 5.45. The second-order valence-corrected chi connectivity index (χ2v) is 8.93. The second kappa shape index (κ2) is 8.84. The van der Waals surface area contributed by atoms with Gasteiger partial charge in [-0.2, -0.15) is 4.57 Å². The van der Waals surface area contributed by atoms with Gasteiger partial charge in [-0.3, -0.25) is 19.5 Å². The Morgan fingerprint density at radius 3 is 2.45 bits per heavy atom. The van der Waals surface area contributed by atoms with Crippen LogP contribution in [0.25, 0.3) is 17.0 Å². The molecule has 0 bridgehead atoms. The van der Waals surface area contributed by atoms with E-state index in [1.54, 1.807) is 41.2 Å². The van der Waals surface area contributed by atoms with E-state index in [2.05, 4.69) is 5.10 Å². The molecule has 0 spiro atoms. The summed E-state index contributed by atoms with van der Waals surface area (Å²) in [7, 11) is 0. The van der Waals surface area contributed by atoms with Gasteiger partial charge in [-0.15, -0.1) is 0 Å². The summed E-state index contributed by atoms with van der Waals surface area (Å²) < 4.78 is 27.2. The number of aryl methyl sites for hydroxylation is 2. The molecule has 0 saturated carbocycles. The Hall–Kier alpha value is -4.99. The minimum absolute atomic E-state index is 0.0257. The van der Waals surface area contributed by atoms with Gasteiger partial charge in [-0.25, -0.2) is 14.0 Å². The standard InChI is InChI=1S/C28H21FN4O5/c1-3-20-23(27(35)33(30-20)18-8-6-17(29)7-9-18)24-25(31-12-4-5-16(2)14-31)28(36)32(26(24)34)19-10-11-21-22(13-19)38-15-37-21/h4-14H,3,15H2,1-2H3/p+1. The molecule has 6 rings (SSSR count). The van der Waals surface area contributed by atoms with Gasteiger partial charge in [0.1, 0.15) is 11.4 Å². The van der Waals surface area contributed by atoms with Crippen LogP contribution < -0.4 is 24.5 Å². The number of rotatable bonds is 5. The number of ether oxygens (including phenoxy) is 2. The summed E-state index contributed by atoms with van der Waals surface area (Å²) in [4.78, 5) is 42.8. The van der Waals surface area contributed by atoms with E-state index < -0.39 is 23.2 Å². The van der Waals surface area contributed by atoms with E-state index in [9.17, 15) is 18.8 Å². The molecule has 2 aliphatic rings. The van der Waals surface area contributed by atoms with Crippen molar-refractivity contribution in [3.63, 3.8) is 0 Å². The number of aromatic amines is 1. The molecule has 2 aliphatic heterocycles. The number of hydrogen-bond donors (Lipinski definition) is 1. The van der Waals surface area contributed by atoms with Gasteiger partial charge in [0.25, 0.3) is 17.2 Å². The van der Waals surface area contributed by atoms with E-state index >= 15 is 0 Å². The highest BCUT2D eigenvalue weighted by Crippen LogP contribution is 2.39. The number of benzene rings is 2. The van der Waals surface area contributed by atoms with Crippen molar-refractivity contribution < 1.29 is 28.0 Å². The van der Waals surface area contributed by atoms with Gasteiger partial charge in [0.05, 0.1) is 16.9 Å². The fourth-order valence-electron chi connectivity index (χ4n) is 4.74. The smallest absolute Gasteiger partial charge is 0.331 e. The van der Waals surface area contributed by atoms with Crippen LogP contribution in [0.1, 0.15) is 23.7 Å². The predicted octanol–water partition coefficient (Wildman–Crippen LogP) is 3.13. The number of amides is 2. The van der Waals surface area contributed by atoms with E-state index in [-0.39, 0.29) is 29.3 Å². The summed E-state index contributed by atoms with van der Waals surface area (Å²) in [5.41, 5.74) is 1.59. The highest BCUT2D eigenvalue weighted by Gasteiger charge is 2.48. The summed E-state index contributed by atoms with van der Waals surface area (Å²) in [5, 5.41) is 3.04. The molecule has 0 unspecified atom stereocenters. The first kappa shape index (κ1) is 23.4. The minimum Gasteiger partial charge on any atom is -0.454 e. The van der Waals surface area contributed by atoms with Gasteiger partial charge < -0.3 is 9.47 Å². The molecule has 0 fully saturated rings. The second-order valence-electron chi connectivity index (χ2n) is 8.93. The monoisotopic (exact) mass is 513 g/mol. The lowest BCUT2D eigenvalue weighted by molar-refractivity contribution is -0.577. The molecule has 0 aliphatic carbocycles. The number of anilines is 1.